The second kappa shape index (κ2) is 8.31. The summed E-state index contributed by atoms with van der Waals surface area (Å²) in [5.41, 5.74) is 4.11. The number of anilines is 1. The molecule has 0 spiro atoms. The van der Waals surface area contributed by atoms with Crippen LogP contribution in [0.1, 0.15) is 36.7 Å². The Morgan fingerprint density at radius 1 is 1.19 bits per heavy atom. The van der Waals surface area contributed by atoms with E-state index in [1.54, 1.807) is 4.52 Å². The van der Waals surface area contributed by atoms with E-state index in [0.717, 1.165) is 36.3 Å². The molecular formula is C19H23N5OS. The number of amides is 1. The number of thioether (sulfide) groups is 1. The third-order valence-corrected chi connectivity index (χ3v) is 5.04. The molecule has 26 heavy (non-hydrogen) atoms. The highest BCUT2D eigenvalue weighted by Crippen LogP contribution is 2.20. The van der Waals surface area contributed by atoms with Gasteiger partial charge in [-0.25, -0.2) is 9.50 Å². The third-order valence-electron chi connectivity index (χ3n) is 4.20. The van der Waals surface area contributed by atoms with Gasteiger partial charge in [0.05, 0.1) is 5.75 Å². The lowest BCUT2D eigenvalue weighted by molar-refractivity contribution is -0.113. The van der Waals surface area contributed by atoms with Crippen molar-refractivity contribution >= 4 is 29.1 Å². The Balaban J connectivity index is 1.71. The van der Waals surface area contributed by atoms with E-state index in [0.29, 0.717) is 10.9 Å². The monoisotopic (exact) mass is 369 g/mol. The Kier molecular flexibility index (Phi) is 5.88. The molecule has 2 aromatic heterocycles. The Morgan fingerprint density at radius 2 is 1.96 bits per heavy atom. The van der Waals surface area contributed by atoms with E-state index in [4.69, 9.17) is 0 Å². The summed E-state index contributed by atoms with van der Waals surface area (Å²) in [4.78, 5) is 21.1. The van der Waals surface area contributed by atoms with Gasteiger partial charge in [-0.2, -0.15) is 4.98 Å². The van der Waals surface area contributed by atoms with E-state index in [-0.39, 0.29) is 11.7 Å². The van der Waals surface area contributed by atoms with Gasteiger partial charge in [0, 0.05) is 17.1 Å². The zero-order valence-corrected chi connectivity index (χ0v) is 16.1. The number of nitrogens with one attached hydrogen (secondary N) is 1. The minimum Gasteiger partial charge on any atom is -0.325 e. The van der Waals surface area contributed by atoms with Crippen molar-refractivity contribution in [3.63, 3.8) is 0 Å². The van der Waals surface area contributed by atoms with E-state index in [9.17, 15) is 4.79 Å². The number of unbranched alkanes of at least 4 members (excludes halogenated alkanes) is 1. The molecular weight excluding hydrogens is 346 g/mol. The quantitative estimate of drug-likeness (QED) is 0.641. The van der Waals surface area contributed by atoms with Crippen molar-refractivity contribution in [1.82, 2.24) is 19.6 Å². The third kappa shape index (κ3) is 4.22. The van der Waals surface area contributed by atoms with E-state index in [2.05, 4.69) is 34.2 Å². The van der Waals surface area contributed by atoms with Crippen LogP contribution in [-0.2, 0) is 11.2 Å². The first kappa shape index (κ1) is 18.4. The molecule has 3 aromatic rings. The molecule has 2 heterocycles. The molecule has 0 radical (unpaired) electrons. The summed E-state index contributed by atoms with van der Waals surface area (Å²) in [5, 5.41) is 7.95. The molecule has 0 aliphatic carbocycles. The van der Waals surface area contributed by atoms with E-state index in [1.807, 2.05) is 37.3 Å². The first-order chi connectivity index (χ1) is 12.6. The van der Waals surface area contributed by atoms with E-state index < -0.39 is 0 Å². The molecule has 1 aromatic carbocycles. The lowest BCUT2D eigenvalue weighted by Crippen LogP contribution is -2.13. The standard InChI is InChI=1S/C19H23N5OS/c1-4-5-11-16-13(2)20-18-22-19(23-24(18)14(16)3)26-12-17(25)21-15-9-7-6-8-10-15/h6-10H,4-5,11-12H2,1-3H3,(H,21,25). The predicted molar refractivity (Wildman–Crippen MR) is 105 cm³/mol. The molecule has 1 N–H and O–H groups in total. The van der Waals surface area contributed by atoms with Crippen molar-refractivity contribution in [2.75, 3.05) is 11.1 Å². The van der Waals surface area contributed by atoms with Gasteiger partial charge in [0.2, 0.25) is 11.1 Å². The van der Waals surface area contributed by atoms with Gasteiger partial charge < -0.3 is 5.32 Å². The Hall–Kier alpha value is -2.41. The van der Waals surface area contributed by atoms with Crippen molar-refractivity contribution in [3.8, 4) is 0 Å². The SMILES string of the molecule is CCCCc1c(C)nc2nc(SCC(=O)Nc3ccccc3)nn2c1C. The molecule has 6 nitrogen and oxygen atoms in total. The molecule has 3 rings (SSSR count). The van der Waals surface area contributed by atoms with Crippen molar-refractivity contribution in [1.29, 1.82) is 0 Å². The number of rotatable bonds is 7. The minimum atomic E-state index is -0.0791. The fraction of sp³-hybridized carbons (Fsp3) is 0.368. The number of benzene rings is 1. The van der Waals surface area contributed by atoms with Crippen LogP contribution in [0.25, 0.3) is 5.78 Å². The average Bonchev–Trinajstić information content (AvgIpc) is 3.04. The lowest BCUT2D eigenvalue weighted by atomic mass is 10.1. The fourth-order valence-electron chi connectivity index (χ4n) is 2.82. The summed E-state index contributed by atoms with van der Waals surface area (Å²) in [6, 6.07) is 9.41. The summed E-state index contributed by atoms with van der Waals surface area (Å²) in [6.45, 7) is 6.26. The molecule has 0 saturated carbocycles. The maximum Gasteiger partial charge on any atom is 0.253 e. The smallest absolute Gasteiger partial charge is 0.253 e. The van der Waals surface area contributed by atoms with Crippen LogP contribution < -0.4 is 5.32 Å². The van der Waals surface area contributed by atoms with Crippen LogP contribution in [0.3, 0.4) is 0 Å². The molecule has 0 unspecified atom stereocenters. The summed E-state index contributed by atoms with van der Waals surface area (Å²) in [5.74, 6) is 0.766. The summed E-state index contributed by atoms with van der Waals surface area (Å²) in [7, 11) is 0. The molecule has 0 aliphatic rings. The second-order valence-electron chi connectivity index (χ2n) is 6.17. The first-order valence-electron chi connectivity index (χ1n) is 8.79. The van der Waals surface area contributed by atoms with Gasteiger partial charge in [0.25, 0.3) is 5.78 Å². The molecule has 7 heteroatoms. The average molecular weight is 369 g/mol. The number of carbonyl (C=O) groups is 1. The normalized spacial score (nSPS) is 11.0. The predicted octanol–water partition coefficient (Wildman–Crippen LogP) is 3.81. The summed E-state index contributed by atoms with van der Waals surface area (Å²) in [6.07, 6.45) is 3.27. The van der Waals surface area contributed by atoms with Crippen LogP contribution in [0.15, 0.2) is 35.5 Å². The number of aromatic nitrogens is 4. The molecule has 136 valence electrons. The Bertz CT molecular complexity index is 907. The van der Waals surface area contributed by atoms with Crippen LogP contribution in [0.2, 0.25) is 0 Å². The lowest BCUT2D eigenvalue weighted by Gasteiger charge is -2.09. The maximum absolute atomic E-state index is 12.1. The summed E-state index contributed by atoms with van der Waals surface area (Å²) >= 11 is 1.32. The van der Waals surface area contributed by atoms with Gasteiger partial charge in [-0.15, -0.1) is 5.10 Å². The van der Waals surface area contributed by atoms with E-state index in [1.165, 1.54) is 17.3 Å². The van der Waals surface area contributed by atoms with Crippen molar-refractivity contribution in [2.24, 2.45) is 0 Å². The van der Waals surface area contributed by atoms with Gasteiger partial charge in [0.1, 0.15) is 0 Å². The molecule has 0 bridgehead atoms. The highest BCUT2D eigenvalue weighted by molar-refractivity contribution is 7.99. The Morgan fingerprint density at radius 3 is 2.69 bits per heavy atom. The Labute approximate surface area is 157 Å². The van der Waals surface area contributed by atoms with Crippen LogP contribution in [0.4, 0.5) is 5.69 Å². The number of aryl methyl sites for hydroxylation is 2. The first-order valence-corrected chi connectivity index (χ1v) is 9.77. The molecule has 0 fully saturated rings. The fourth-order valence-corrected chi connectivity index (χ4v) is 3.43. The van der Waals surface area contributed by atoms with E-state index >= 15 is 0 Å². The minimum absolute atomic E-state index is 0.0791. The molecule has 0 atom stereocenters. The molecule has 0 aliphatic heterocycles. The zero-order chi connectivity index (χ0) is 18.5. The number of hydrogen-bond donors (Lipinski definition) is 1. The number of nitrogens with zero attached hydrogens (tertiary/aromatic N) is 4. The topological polar surface area (TPSA) is 72.2 Å². The van der Waals surface area contributed by atoms with Crippen molar-refractivity contribution in [2.45, 2.75) is 45.2 Å². The molecule has 1 amide bonds. The second-order valence-corrected chi connectivity index (χ2v) is 7.12. The molecule has 0 saturated heterocycles. The van der Waals surface area contributed by atoms with Gasteiger partial charge in [0.15, 0.2) is 0 Å². The number of carbonyl (C=O) groups excluding carboxylic acids is 1. The van der Waals surface area contributed by atoms with Crippen LogP contribution in [-0.4, -0.2) is 31.2 Å². The van der Waals surface area contributed by atoms with Crippen LogP contribution in [0, 0.1) is 13.8 Å². The van der Waals surface area contributed by atoms with Gasteiger partial charge in [-0.3, -0.25) is 4.79 Å². The highest BCUT2D eigenvalue weighted by Gasteiger charge is 2.14. The van der Waals surface area contributed by atoms with Crippen molar-refractivity contribution in [3.05, 3.63) is 47.3 Å². The van der Waals surface area contributed by atoms with Crippen LogP contribution >= 0.6 is 11.8 Å². The zero-order valence-electron chi connectivity index (χ0n) is 15.3. The number of fused-ring (bicyclic) bond motifs is 1. The highest BCUT2D eigenvalue weighted by atomic mass is 32.2. The summed E-state index contributed by atoms with van der Waals surface area (Å²) < 4.78 is 1.79. The van der Waals surface area contributed by atoms with Gasteiger partial charge in [-0.1, -0.05) is 43.3 Å². The van der Waals surface area contributed by atoms with Crippen LogP contribution in [0.5, 0.6) is 0 Å². The van der Waals surface area contributed by atoms with Gasteiger partial charge in [-0.05, 0) is 44.4 Å². The number of hydrogen-bond acceptors (Lipinski definition) is 5. The number of para-hydroxylation sites is 1. The maximum atomic E-state index is 12.1. The largest absolute Gasteiger partial charge is 0.325 e. The van der Waals surface area contributed by atoms with Gasteiger partial charge >= 0.3 is 0 Å². The van der Waals surface area contributed by atoms with Crippen molar-refractivity contribution < 1.29 is 4.79 Å².